The standard InChI is InChI=1S/C18H30O2/c1-17-9-7-14(13-5-3-2-4-6-13)12-18(17)10-8-15(17)11-16(19)20-18/h13-16,19H,2-12H2,1H3/t14-,15+,16?,17+,18-/m0/s1. The molecule has 1 heterocycles. The van der Waals surface area contributed by atoms with E-state index in [9.17, 15) is 5.11 Å². The minimum atomic E-state index is -0.485. The first kappa shape index (κ1) is 13.6. The van der Waals surface area contributed by atoms with E-state index in [0.29, 0.717) is 11.3 Å². The molecule has 0 radical (unpaired) electrons. The van der Waals surface area contributed by atoms with Crippen molar-refractivity contribution in [2.45, 2.75) is 89.4 Å². The minimum Gasteiger partial charge on any atom is -0.368 e. The average Bonchev–Trinajstić information content (AvgIpc) is 2.61. The molecule has 0 spiro atoms. The number of rotatable bonds is 1. The minimum absolute atomic E-state index is 0.0235. The van der Waals surface area contributed by atoms with Crippen molar-refractivity contribution in [3.8, 4) is 0 Å². The van der Waals surface area contributed by atoms with Gasteiger partial charge < -0.3 is 9.84 Å². The van der Waals surface area contributed by atoms with Crippen molar-refractivity contribution >= 4 is 0 Å². The number of aliphatic hydroxyl groups excluding tert-OH is 1. The molecule has 0 aromatic rings. The Labute approximate surface area is 123 Å². The summed E-state index contributed by atoms with van der Waals surface area (Å²) >= 11 is 0. The van der Waals surface area contributed by atoms with E-state index < -0.39 is 6.29 Å². The van der Waals surface area contributed by atoms with Crippen LogP contribution >= 0.6 is 0 Å². The fraction of sp³-hybridized carbons (Fsp3) is 1.00. The lowest BCUT2D eigenvalue weighted by atomic mass is 9.56. The van der Waals surface area contributed by atoms with Gasteiger partial charge in [0.05, 0.1) is 5.60 Å². The Hall–Kier alpha value is -0.0800. The smallest absolute Gasteiger partial charge is 0.155 e. The van der Waals surface area contributed by atoms with Gasteiger partial charge in [-0.05, 0) is 55.3 Å². The molecule has 4 rings (SSSR count). The highest BCUT2D eigenvalue weighted by Crippen LogP contribution is 2.65. The lowest BCUT2D eigenvalue weighted by molar-refractivity contribution is -0.279. The molecule has 3 saturated carbocycles. The van der Waals surface area contributed by atoms with E-state index >= 15 is 0 Å². The summed E-state index contributed by atoms with van der Waals surface area (Å²) in [5.41, 5.74) is 0.382. The fourth-order valence-corrected chi connectivity index (χ4v) is 6.34. The Balaban J connectivity index is 1.56. The van der Waals surface area contributed by atoms with Crippen LogP contribution in [0.2, 0.25) is 0 Å². The van der Waals surface area contributed by atoms with Gasteiger partial charge in [0.1, 0.15) is 0 Å². The quantitative estimate of drug-likeness (QED) is 0.776. The normalized spacial score (nSPS) is 52.8. The Kier molecular flexibility index (Phi) is 3.20. The molecule has 4 aliphatic rings. The molecule has 3 aliphatic carbocycles. The number of hydrogen-bond acceptors (Lipinski definition) is 2. The van der Waals surface area contributed by atoms with Crippen LogP contribution < -0.4 is 0 Å². The van der Waals surface area contributed by atoms with Crippen molar-refractivity contribution in [2.75, 3.05) is 0 Å². The molecule has 2 heteroatoms. The Morgan fingerprint density at radius 2 is 1.75 bits per heavy atom. The first-order valence-corrected chi connectivity index (χ1v) is 8.99. The maximum atomic E-state index is 10.1. The summed E-state index contributed by atoms with van der Waals surface area (Å²) in [6.45, 7) is 2.47. The molecule has 0 aromatic carbocycles. The predicted molar refractivity (Wildman–Crippen MR) is 79.2 cm³/mol. The maximum absolute atomic E-state index is 10.1. The molecule has 2 bridgehead atoms. The van der Waals surface area contributed by atoms with Crippen molar-refractivity contribution < 1.29 is 9.84 Å². The van der Waals surface area contributed by atoms with Crippen LogP contribution in [0.5, 0.6) is 0 Å². The largest absolute Gasteiger partial charge is 0.368 e. The number of aliphatic hydroxyl groups is 1. The van der Waals surface area contributed by atoms with Gasteiger partial charge in [-0.2, -0.15) is 0 Å². The summed E-state index contributed by atoms with van der Waals surface area (Å²) in [5.74, 6) is 2.52. The lowest BCUT2D eigenvalue weighted by Crippen LogP contribution is -2.57. The molecule has 1 aliphatic heterocycles. The number of ether oxygens (including phenoxy) is 1. The second kappa shape index (κ2) is 4.71. The van der Waals surface area contributed by atoms with Gasteiger partial charge in [0.15, 0.2) is 6.29 Å². The van der Waals surface area contributed by atoms with E-state index in [0.717, 1.165) is 18.3 Å². The van der Waals surface area contributed by atoms with Crippen LogP contribution in [0.25, 0.3) is 0 Å². The highest BCUT2D eigenvalue weighted by Gasteiger charge is 2.64. The van der Waals surface area contributed by atoms with Crippen molar-refractivity contribution in [2.24, 2.45) is 23.2 Å². The fourth-order valence-electron chi connectivity index (χ4n) is 6.34. The van der Waals surface area contributed by atoms with Gasteiger partial charge in [-0.3, -0.25) is 0 Å². The zero-order valence-corrected chi connectivity index (χ0v) is 12.9. The summed E-state index contributed by atoms with van der Waals surface area (Å²) in [6.07, 6.45) is 14.1. The van der Waals surface area contributed by atoms with Crippen molar-refractivity contribution in [3.05, 3.63) is 0 Å². The molecule has 1 saturated heterocycles. The van der Waals surface area contributed by atoms with E-state index in [4.69, 9.17) is 4.74 Å². The van der Waals surface area contributed by atoms with E-state index in [2.05, 4.69) is 6.92 Å². The van der Waals surface area contributed by atoms with Crippen molar-refractivity contribution in [3.63, 3.8) is 0 Å². The third kappa shape index (κ3) is 1.83. The number of hydrogen-bond donors (Lipinski definition) is 1. The average molecular weight is 278 g/mol. The molecular weight excluding hydrogens is 248 g/mol. The summed E-state index contributed by atoms with van der Waals surface area (Å²) in [7, 11) is 0. The van der Waals surface area contributed by atoms with E-state index in [1.165, 1.54) is 64.2 Å². The zero-order valence-electron chi connectivity index (χ0n) is 12.9. The van der Waals surface area contributed by atoms with Gasteiger partial charge in [0, 0.05) is 6.42 Å². The van der Waals surface area contributed by atoms with E-state index in [1.54, 1.807) is 0 Å². The van der Waals surface area contributed by atoms with Crippen LogP contribution in [0.3, 0.4) is 0 Å². The highest BCUT2D eigenvalue weighted by molar-refractivity contribution is 5.13. The summed E-state index contributed by atoms with van der Waals surface area (Å²) in [6, 6.07) is 0. The second-order valence-electron chi connectivity index (χ2n) is 8.36. The molecule has 5 atom stereocenters. The Morgan fingerprint density at radius 1 is 0.950 bits per heavy atom. The van der Waals surface area contributed by atoms with Crippen LogP contribution in [0.1, 0.15) is 77.6 Å². The Morgan fingerprint density at radius 3 is 2.55 bits per heavy atom. The molecule has 0 amide bonds. The molecule has 4 fully saturated rings. The summed E-state index contributed by atoms with van der Waals surface area (Å²) in [5, 5.41) is 10.1. The van der Waals surface area contributed by atoms with Gasteiger partial charge in [0.2, 0.25) is 0 Å². The maximum Gasteiger partial charge on any atom is 0.155 e. The van der Waals surface area contributed by atoms with E-state index in [1.807, 2.05) is 0 Å². The topological polar surface area (TPSA) is 29.5 Å². The molecular formula is C18H30O2. The zero-order chi connectivity index (χ0) is 13.8. The van der Waals surface area contributed by atoms with Crippen LogP contribution in [0.15, 0.2) is 0 Å². The molecule has 1 unspecified atom stereocenters. The SMILES string of the molecule is C[C@]12CC[C@H](C3CCCCC3)C[C@@]13CC[C@@H]2CC(O)O3. The predicted octanol–water partition coefficient (Wildman–Crippen LogP) is 4.26. The van der Waals surface area contributed by atoms with Gasteiger partial charge in [-0.25, -0.2) is 0 Å². The van der Waals surface area contributed by atoms with Crippen LogP contribution in [0.4, 0.5) is 0 Å². The monoisotopic (exact) mass is 278 g/mol. The molecule has 114 valence electrons. The molecule has 1 N–H and O–H groups in total. The van der Waals surface area contributed by atoms with Gasteiger partial charge in [0.25, 0.3) is 0 Å². The van der Waals surface area contributed by atoms with E-state index in [-0.39, 0.29) is 5.60 Å². The van der Waals surface area contributed by atoms with Gasteiger partial charge in [-0.1, -0.05) is 39.0 Å². The molecule has 2 nitrogen and oxygen atoms in total. The van der Waals surface area contributed by atoms with Crippen molar-refractivity contribution in [1.82, 2.24) is 0 Å². The second-order valence-corrected chi connectivity index (χ2v) is 8.36. The third-order valence-corrected chi connectivity index (χ3v) is 7.63. The van der Waals surface area contributed by atoms with Crippen LogP contribution in [-0.2, 0) is 4.74 Å². The van der Waals surface area contributed by atoms with Gasteiger partial charge in [-0.15, -0.1) is 0 Å². The Bertz CT molecular complexity index is 376. The third-order valence-electron chi connectivity index (χ3n) is 7.63. The van der Waals surface area contributed by atoms with Gasteiger partial charge >= 0.3 is 0 Å². The highest BCUT2D eigenvalue weighted by atomic mass is 16.6. The van der Waals surface area contributed by atoms with Crippen molar-refractivity contribution in [1.29, 1.82) is 0 Å². The molecule has 20 heavy (non-hydrogen) atoms. The summed E-state index contributed by atoms with van der Waals surface area (Å²) < 4.78 is 6.25. The first-order chi connectivity index (χ1) is 9.63. The lowest BCUT2D eigenvalue weighted by Gasteiger charge is -2.57. The summed E-state index contributed by atoms with van der Waals surface area (Å²) in [4.78, 5) is 0. The first-order valence-electron chi connectivity index (χ1n) is 8.99. The van der Waals surface area contributed by atoms with Crippen LogP contribution in [0, 0.1) is 23.2 Å². The molecule has 0 aromatic heterocycles. The van der Waals surface area contributed by atoms with Crippen LogP contribution in [-0.4, -0.2) is 17.0 Å².